The Bertz CT molecular complexity index is 541. The fraction of sp³-hybridized carbons (Fsp3) is 0.500. The summed E-state index contributed by atoms with van der Waals surface area (Å²) in [5, 5.41) is 0.438. The van der Waals surface area contributed by atoms with Crippen LogP contribution in [0, 0.1) is 11.7 Å². The van der Waals surface area contributed by atoms with Crippen molar-refractivity contribution >= 4 is 17.6 Å². The van der Waals surface area contributed by atoms with Crippen LogP contribution in [0.5, 0.6) is 0 Å². The van der Waals surface area contributed by atoms with Gasteiger partial charge in [0.15, 0.2) is 5.96 Å². The van der Waals surface area contributed by atoms with Crippen molar-refractivity contribution in [3.63, 3.8) is 0 Å². The predicted molar refractivity (Wildman–Crippen MR) is 74.7 cm³/mol. The molecular formula is C14H17ClFN3. The second-order valence-electron chi connectivity index (χ2n) is 5.63. The van der Waals surface area contributed by atoms with Gasteiger partial charge in [-0.15, -0.1) is 0 Å². The number of nitrogens with zero attached hydrogens (tertiary/aromatic N) is 2. The normalized spacial score (nSPS) is 26.7. The zero-order chi connectivity index (χ0) is 13.6. The summed E-state index contributed by atoms with van der Waals surface area (Å²) < 4.78 is 13.2. The van der Waals surface area contributed by atoms with Crippen LogP contribution in [-0.4, -0.2) is 23.9 Å². The van der Waals surface area contributed by atoms with Crippen molar-refractivity contribution in [2.75, 3.05) is 13.1 Å². The Morgan fingerprint density at radius 2 is 2.26 bits per heavy atom. The molecule has 0 saturated heterocycles. The van der Waals surface area contributed by atoms with E-state index in [4.69, 9.17) is 17.3 Å². The number of nitrogens with two attached hydrogens (primary N) is 1. The molecule has 0 radical (unpaired) electrons. The lowest BCUT2D eigenvalue weighted by Gasteiger charge is -2.37. The van der Waals surface area contributed by atoms with Crippen molar-refractivity contribution in [3.05, 3.63) is 34.6 Å². The Morgan fingerprint density at radius 1 is 1.53 bits per heavy atom. The van der Waals surface area contributed by atoms with Crippen molar-refractivity contribution in [1.29, 1.82) is 0 Å². The minimum atomic E-state index is -0.364. The van der Waals surface area contributed by atoms with Gasteiger partial charge in [0, 0.05) is 11.6 Å². The highest BCUT2D eigenvalue weighted by Gasteiger charge is 2.43. The number of benzene rings is 1. The first-order valence-electron chi connectivity index (χ1n) is 6.54. The standard InChI is InChI=1S/C14H17ClFN3/c1-14(11-5-4-10(16)6-12(11)15)8-18-13(17)19(14)7-9-2-3-9/h4-6,9H,2-3,7-8H2,1H3,(H2,17,18). The maximum absolute atomic E-state index is 13.2. The minimum absolute atomic E-state index is 0.321. The number of hydrogen-bond acceptors (Lipinski definition) is 3. The number of rotatable bonds is 3. The zero-order valence-electron chi connectivity index (χ0n) is 10.9. The Hall–Kier alpha value is -1.29. The largest absolute Gasteiger partial charge is 0.370 e. The van der Waals surface area contributed by atoms with Crippen molar-refractivity contribution < 1.29 is 4.39 Å². The van der Waals surface area contributed by atoms with Crippen LogP contribution in [0.3, 0.4) is 0 Å². The van der Waals surface area contributed by atoms with Gasteiger partial charge in [-0.05, 0) is 43.4 Å². The quantitative estimate of drug-likeness (QED) is 0.926. The van der Waals surface area contributed by atoms with Crippen LogP contribution in [0.1, 0.15) is 25.3 Å². The lowest BCUT2D eigenvalue weighted by atomic mass is 9.90. The van der Waals surface area contributed by atoms with Gasteiger partial charge < -0.3 is 10.6 Å². The van der Waals surface area contributed by atoms with Crippen LogP contribution < -0.4 is 5.73 Å². The molecule has 102 valence electrons. The Morgan fingerprint density at radius 3 is 2.89 bits per heavy atom. The fourth-order valence-corrected chi connectivity index (χ4v) is 3.04. The van der Waals surface area contributed by atoms with E-state index in [1.165, 1.54) is 25.0 Å². The molecule has 1 unspecified atom stereocenters. The third kappa shape index (κ3) is 2.18. The summed E-state index contributed by atoms with van der Waals surface area (Å²) in [7, 11) is 0. The Balaban J connectivity index is 1.96. The van der Waals surface area contributed by atoms with E-state index >= 15 is 0 Å². The first-order chi connectivity index (χ1) is 9.00. The van der Waals surface area contributed by atoms with Crippen LogP contribution in [0.25, 0.3) is 0 Å². The van der Waals surface area contributed by atoms with E-state index in [-0.39, 0.29) is 11.4 Å². The molecule has 3 nitrogen and oxygen atoms in total. The van der Waals surface area contributed by atoms with Gasteiger partial charge in [-0.2, -0.15) is 0 Å². The summed E-state index contributed by atoms with van der Waals surface area (Å²) in [6.07, 6.45) is 2.49. The summed E-state index contributed by atoms with van der Waals surface area (Å²) in [5.41, 5.74) is 6.53. The molecule has 1 atom stereocenters. The molecule has 1 aromatic carbocycles. The molecule has 1 saturated carbocycles. The van der Waals surface area contributed by atoms with Crippen molar-refractivity contribution in [2.45, 2.75) is 25.3 Å². The molecule has 2 aliphatic rings. The molecule has 0 amide bonds. The van der Waals surface area contributed by atoms with Crippen LogP contribution in [0.2, 0.25) is 5.02 Å². The molecule has 0 spiro atoms. The highest BCUT2D eigenvalue weighted by molar-refractivity contribution is 6.31. The molecule has 1 heterocycles. The van der Waals surface area contributed by atoms with Gasteiger partial charge in [-0.25, -0.2) is 4.39 Å². The molecule has 1 aliphatic carbocycles. The van der Waals surface area contributed by atoms with Gasteiger partial charge in [-0.3, -0.25) is 4.99 Å². The monoisotopic (exact) mass is 281 g/mol. The van der Waals surface area contributed by atoms with Crippen molar-refractivity contribution in [3.8, 4) is 0 Å². The van der Waals surface area contributed by atoms with Gasteiger partial charge >= 0.3 is 0 Å². The second-order valence-corrected chi connectivity index (χ2v) is 6.03. The van der Waals surface area contributed by atoms with E-state index in [0.717, 1.165) is 12.1 Å². The summed E-state index contributed by atoms with van der Waals surface area (Å²) in [4.78, 5) is 6.47. The average Bonchev–Trinajstić information content (AvgIpc) is 3.11. The van der Waals surface area contributed by atoms with Gasteiger partial charge in [0.25, 0.3) is 0 Å². The van der Waals surface area contributed by atoms with Gasteiger partial charge in [0.05, 0.1) is 12.1 Å². The number of halogens is 2. The number of hydrogen-bond donors (Lipinski definition) is 1. The van der Waals surface area contributed by atoms with E-state index in [1.54, 1.807) is 6.07 Å². The van der Waals surface area contributed by atoms with Crippen molar-refractivity contribution in [2.24, 2.45) is 16.6 Å². The maximum atomic E-state index is 13.2. The first-order valence-corrected chi connectivity index (χ1v) is 6.91. The molecule has 3 rings (SSSR count). The van der Waals surface area contributed by atoms with E-state index in [9.17, 15) is 4.39 Å². The lowest BCUT2D eigenvalue weighted by molar-refractivity contribution is 0.217. The molecule has 1 aromatic rings. The van der Waals surface area contributed by atoms with Crippen LogP contribution in [0.4, 0.5) is 4.39 Å². The third-order valence-electron chi connectivity index (χ3n) is 4.07. The second kappa shape index (κ2) is 4.37. The van der Waals surface area contributed by atoms with E-state index in [2.05, 4.69) is 16.8 Å². The topological polar surface area (TPSA) is 41.6 Å². The van der Waals surface area contributed by atoms with Gasteiger partial charge in [0.2, 0.25) is 0 Å². The molecule has 19 heavy (non-hydrogen) atoms. The van der Waals surface area contributed by atoms with Crippen LogP contribution in [-0.2, 0) is 5.54 Å². The summed E-state index contributed by atoms with van der Waals surface area (Å²) in [6.45, 7) is 3.54. The molecule has 1 fully saturated rings. The van der Waals surface area contributed by atoms with Crippen LogP contribution >= 0.6 is 11.6 Å². The summed E-state index contributed by atoms with van der Waals surface area (Å²) >= 11 is 6.21. The molecule has 0 bridgehead atoms. The Kier molecular flexibility index (Phi) is 2.93. The highest BCUT2D eigenvalue weighted by Crippen LogP contribution is 2.40. The smallest absolute Gasteiger partial charge is 0.192 e. The lowest BCUT2D eigenvalue weighted by Crippen LogP contribution is -2.48. The fourth-order valence-electron chi connectivity index (χ4n) is 2.67. The average molecular weight is 282 g/mol. The summed E-state index contributed by atoms with van der Waals surface area (Å²) in [5.74, 6) is 0.943. The number of aliphatic imine (C=N–C) groups is 1. The molecule has 5 heteroatoms. The predicted octanol–water partition coefficient (Wildman–Crippen LogP) is 2.73. The Labute approximate surface area is 117 Å². The van der Waals surface area contributed by atoms with Crippen molar-refractivity contribution in [1.82, 2.24) is 4.90 Å². The van der Waals surface area contributed by atoms with E-state index in [1.807, 2.05) is 0 Å². The third-order valence-corrected chi connectivity index (χ3v) is 4.38. The van der Waals surface area contributed by atoms with Crippen LogP contribution in [0.15, 0.2) is 23.2 Å². The summed E-state index contributed by atoms with van der Waals surface area (Å²) in [6, 6.07) is 4.54. The number of guanidine groups is 1. The molecule has 0 aromatic heterocycles. The van der Waals surface area contributed by atoms with E-state index < -0.39 is 0 Å². The van der Waals surface area contributed by atoms with Gasteiger partial charge in [0.1, 0.15) is 5.82 Å². The highest BCUT2D eigenvalue weighted by atomic mass is 35.5. The zero-order valence-corrected chi connectivity index (χ0v) is 11.6. The SMILES string of the molecule is CC1(c2ccc(F)cc2Cl)CN=C(N)N1CC1CC1. The minimum Gasteiger partial charge on any atom is -0.370 e. The molecule has 1 aliphatic heterocycles. The molecule has 2 N–H and O–H groups in total. The maximum Gasteiger partial charge on any atom is 0.192 e. The first kappa shape index (κ1) is 12.7. The van der Waals surface area contributed by atoms with Gasteiger partial charge in [-0.1, -0.05) is 17.7 Å². The molecular weight excluding hydrogens is 265 g/mol. The van der Waals surface area contributed by atoms with E-state index in [0.29, 0.717) is 23.4 Å².